The molecule has 19 heavy (non-hydrogen) atoms. The van der Waals surface area contributed by atoms with Crippen molar-refractivity contribution in [1.82, 2.24) is 0 Å². The molecule has 2 heterocycles. The number of fused-ring (bicyclic) bond motifs is 1. The van der Waals surface area contributed by atoms with E-state index < -0.39 is 0 Å². The second kappa shape index (κ2) is 4.19. The zero-order valence-corrected chi connectivity index (χ0v) is 10.6. The summed E-state index contributed by atoms with van der Waals surface area (Å²) in [5.74, 6) is 2.65. The summed E-state index contributed by atoms with van der Waals surface area (Å²) in [5.41, 5.74) is 2.52. The fraction of sp³-hybridized carbons (Fsp3) is 0.250. The Balaban J connectivity index is 1.59. The molecule has 3 heteroatoms. The predicted molar refractivity (Wildman–Crippen MR) is 72.9 cm³/mol. The molecule has 94 valence electrons. The Morgan fingerprint density at radius 2 is 2.05 bits per heavy atom. The highest BCUT2D eigenvalue weighted by Crippen LogP contribution is 2.44. The molecule has 1 saturated carbocycles. The lowest BCUT2D eigenvalue weighted by Crippen LogP contribution is -2.40. The lowest BCUT2D eigenvalue weighted by atomic mass is 10.1. The minimum atomic E-state index is 0.619. The third-order valence-corrected chi connectivity index (χ3v) is 3.66. The number of benzene rings is 1. The van der Waals surface area contributed by atoms with Gasteiger partial charge in [0.05, 0.1) is 12.3 Å². The molecule has 0 radical (unpaired) electrons. The van der Waals surface area contributed by atoms with Gasteiger partial charge in [-0.3, -0.25) is 0 Å². The van der Waals surface area contributed by atoms with Gasteiger partial charge < -0.3 is 4.74 Å². The fourth-order valence-electron chi connectivity index (χ4n) is 2.38. The SMILES string of the molecule is C1=Nc2cc(OCc3ccccc3)c(C3CC3)c[n+]21. The van der Waals surface area contributed by atoms with Gasteiger partial charge in [0.2, 0.25) is 6.34 Å². The van der Waals surface area contributed by atoms with E-state index in [0.29, 0.717) is 12.5 Å². The molecule has 0 amide bonds. The van der Waals surface area contributed by atoms with Gasteiger partial charge in [-0.15, -0.1) is 0 Å². The van der Waals surface area contributed by atoms with Crippen LogP contribution in [-0.2, 0) is 6.61 Å². The second-order valence-corrected chi connectivity index (χ2v) is 5.15. The number of rotatable bonds is 4. The standard InChI is InChI=1S/C16H15N2O/c1-2-4-12(5-3-1)10-19-15-8-16-17-11-18(16)9-14(15)13-6-7-13/h1-5,8-9,11,13H,6-7,10H2/q+1. The Morgan fingerprint density at radius 3 is 2.74 bits per heavy atom. The molecule has 1 fully saturated rings. The molecule has 0 unspecified atom stereocenters. The monoisotopic (exact) mass is 251 g/mol. The first kappa shape index (κ1) is 10.7. The summed E-state index contributed by atoms with van der Waals surface area (Å²) in [7, 11) is 0. The maximum absolute atomic E-state index is 6.01. The van der Waals surface area contributed by atoms with Gasteiger partial charge in [-0.05, 0) is 24.3 Å². The van der Waals surface area contributed by atoms with Crippen molar-refractivity contribution in [3.05, 3.63) is 53.7 Å². The third kappa shape index (κ3) is 2.01. The molecule has 0 bridgehead atoms. The van der Waals surface area contributed by atoms with Crippen LogP contribution < -0.4 is 9.30 Å². The van der Waals surface area contributed by atoms with E-state index in [4.69, 9.17) is 4.74 Å². The van der Waals surface area contributed by atoms with Crippen LogP contribution in [0.15, 0.2) is 47.6 Å². The van der Waals surface area contributed by atoms with E-state index in [1.807, 2.05) is 24.5 Å². The van der Waals surface area contributed by atoms with Crippen molar-refractivity contribution in [3.8, 4) is 5.75 Å². The Kier molecular flexibility index (Phi) is 2.37. The van der Waals surface area contributed by atoms with Crippen LogP contribution in [0.5, 0.6) is 5.75 Å². The van der Waals surface area contributed by atoms with Gasteiger partial charge in [0.25, 0.3) is 5.82 Å². The first-order valence-electron chi connectivity index (χ1n) is 6.70. The zero-order chi connectivity index (χ0) is 12.7. The molecule has 2 aromatic rings. The number of hydrogen-bond donors (Lipinski definition) is 0. The molecule has 1 aliphatic heterocycles. The summed E-state index contributed by atoms with van der Waals surface area (Å²) in [6.45, 7) is 0.619. The molecular formula is C16H15N2O+. The number of aromatic nitrogens is 1. The Bertz CT molecular complexity index is 645. The first-order chi connectivity index (χ1) is 9.40. The lowest BCUT2D eigenvalue weighted by Gasteiger charge is -2.14. The van der Waals surface area contributed by atoms with E-state index >= 15 is 0 Å². The van der Waals surface area contributed by atoms with Crippen molar-refractivity contribution in [2.75, 3.05) is 0 Å². The minimum Gasteiger partial charge on any atom is -0.488 e. The molecule has 1 aromatic heterocycles. The molecule has 2 aliphatic rings. The number of aliphatic imine (C=N–C) groups is 1. The minimum absolute atomic E-state index is 0.619. The van der Waals surface area contributed by atoms with Gasteiger partial charge >= 0.3 is 0 Å². The van der Waals surface area contributed by atoms with Crippen molar-refractivity contribution in [2.45, 2.75) is 25.4 Å². The molecule has 3 nitrogen and oxygen atoms in total. The van der Waals surface area contributed by atoms with Crippen molar-refractivity contribution in [3.63, 3.8) is 0 Å². The van der Waals surface area contributed by atoms with Gasteiger partial charge in [0.1, 0.15) is 12.4 Å². The maximum atomic E-state index is 6.01. The van der Waals surface area contributed by atoms with E-state index in [1.165, 1.54) is 24.0 Å². The van der Waals surface area contributed by atoms with Crippen molar-refractivity contribution < 1.29 is 9.30 Å². The highest BCUT2D eigenvalue weighted by atomic mass is 16.5. The maximum Gasteiger partial charge on any atom is 0.274 e. The Labute approximate surface area is 112 Å². The molecular weight excluding hydrogens is 236 g/mol. The molecule has 0 spiro atoms. The molecule has 4 rings (SSSR count). The lowest BCUT2D eigenvalue weighted by molar-refractivity contribution is -0.547. The summed E-state index contributed by atoms with van der Waals surface area (Å²) >= 11 is 0. The highest BCUT2D eigenvalue weighted by Gasteiger charge is 2.30. The van der Waals surface area contributed by atoms with Crippen LogP contribution in [-0.4, -0.2) is 6.34 Å². The van der Waals surface area contributed by atoms with Crippen LogP contribution in [0.3, 0.4) is 0 Å². The van der Waals surface area contributed by atoms with Crippen LogP contribution in [0.4, 0.5) is 5.82 Å². The molecule has 0 N–H and O–H groups in total. The van der Waals surface area contributed by atoms with Crippen LogP contribution >= 0.6 is 0 Å². The summed E-state index contributed by atoms with van der Waals surface area (Å²) in [6.07, 6.45) is 6.57. The van der Waals surface area contributed by atoms with Crippen molar-refractivity contribution in [2.24, 2.45) is 4.99 Å². The smallest absolute Gasteiger partial charge is 0.274 e. The van der Waals surface area contributed by atoms with Crippen LogP contribution in [0.25, 0.3) is 0 Å². The first-order valence-corrected chi connectivity index (χ1v) is 6.70. The average Bonchev–Trinajstić information content (AvgIpc) is 3.24. The van der Waals surface area contributed by atoms with Crippen molar-refractivity contribution >= 4 is 12.2 Å². The van der Waals surface area contributed by atoms with E-state index in [2.05, 4.69) is 34.0 Å². The van der Waals surface area contributed by atoms with Crippen LogP contribution in [0.1, 0.15) is 29.9 Å². The molecule has 0 saturated heterocycles. The third-order valence-electron chi connectivity index (χ3n) is 3.66. The Morgan fingerprint density at radius 1 is 1.21 bits per heavy atom. The van der Waals surface area contributed by atoms with E-state index in [0.717, 1.165) is 11.6 Å². The summed E-state index contributed by atoms with van der Waals surface area (Å²) in [4.78, 5) is 4.23. The predicted octanol–water partition coefficient (Wildman–Crippen LogP) is 2.95. The summed E-state index contributed by atoms with van der Waals surface area (Å²) in [6, 6.07) is 12.3. The van der Waals surface area contributed by atoms with Crippen LogP contribution in [0, 0.1) is 0 Å². The number of nitrogens with zero attached hydrogens (tertiary/aromatic N) is 2. The van der Waals surface area contributed by atoms with Gasteiger partial charge in [0.15, 0.2) is 0 Å². The van der Waals surface area contributed by atoms with E-state index in [9.17, 15) is 0 Å². The Hall–Kier alpha value is -2.16. The summed E-state index contributed by atoms with van der Waals surface area (Å²) < 4.78 is 8.08. The number of ether oxygens (including phenoxy) is 1. The molecule has 0 atom stereocenters. The topological polar surface area (TPSA) is 25.5 Å². The van der Waals surface area contributed by atoms with Crippen LogP contribution in [0.2, 0.25) is 0 Å². The molecule has 1 aliphatic carbocycles. The van der Waals surface area contributed by atoms with Gasteiger partial charge in [-0.2, -0.15) is 0 Å². The van der Waals surface area contributed by atoms with Gasteiger partial charge in [-0.1, -0.05) is 35.3 Å². The fourth-order valence-corrected chi connectivity index (χ4v) is 2.38. The molecule has 1 aromatic carbocycles. The average molecular weight is 251 g/mol. The van der Waals surface area contributed by atoms with E-state index in [1.54, 1.807) is 0 Å². The van der Waals surface area contributed by atoms with Crippen molar-refractivity contribution in [1.29, 1.82) is 0 Å². The summed E-state index contributed by atoms with van der Waals surface area (Å²) in [5, 5.41) is 0. The zero-order valence-electron chi connectivity index (χ0n) is 10.6. The largest absolute Gasteiger partial charge is 0.488 e. The van der Waals surface area contributed by atoms with Gasteiger partial charge in [-0.25, -0.2) is 4.57 Å². The second-order valence-electron chi connectivity index (χ2n) is 5.15. The quantitative estimate of drug-likeness (QED) is 0.654. The van der Waals surface area contributed by atoms with Gasteiger partial charge in [0, 0.05) is 5.56 Å². The number of pyridine rings is 1. The highest BCUT2D eigenvalue weighted by molar-refractivity contribution is 5.61. The normalized spacial score (nSPS) is 15.8. The van der Waals surface area contributed by atoms with E-state index in [-0.39, 0.29) is 0 Å². The number of hydrogen-bond acceptors (Lipinski definition) is 2.